The van der Waals surface area contributed by atoms with E-state index in [1.165, 1.54) is 4.90 Å². The summed E-state index contributed by atoms with van der Waals surface area (Å²) >= 11 is 1.85. The Kier molecular flexibility index (Phi) is 12.8. The second kappa shape index (κ2) is 13.0. The largest absolute Gasteiger partial charge is 0.543 e. The van der Waals surface area contributed by atoms with Gasteiger partial charge in [-0.15, -0.1) is 11.8 Å². The third-order valence-electron chi connectivity index (χ3n) is 2.25. The molecule has 7 heteroatoms. The van der Waals surface area contributed by atoms with Crippen LogP contribution in [0.25, 0.3) is 0 Å². The molecule has 0 fully saturated rings. The number of carbonyl (C=O) groups is 1. The van der Waals surface area contributed by atoms with Gasteiger partial charge < -0.3 is 20.6 Å². The summed E-state index contributed by atoms with van der Waals surface area (Å²) in [6.45, 7) is 6.26. The first-order chi connectivity index (χ1) is 10.4. The summed E-state index contributed by atoms with van der Waals surface area (Å²) in [6, 6.07) is 10.3. The van der Waals surface area contributed by atoms with Crippen molar-refractivity contribution in [3.63, 3.8) is 0 Å². The minimum Gasteiger partial charge on any atom is -0.543 e. The standard InChI is InChI=1S/C15H23NO2S.CH2NO.Fm/c1-15(2,3)18-14(17)16-11-7-8-12-19-13-9-5-4-6-10-13;2-1-3;/h4-6,9-10H,7-8,11-12H2,1-3H3,(H,16,17);(H2,2,3);/q;-1;. The third kappa shape index (κ3) is 15.5. The molecular formula is C16H25FmN2O3S-. The number of carbonyl (C=O) groups excluding carboxylic acids is 2. The van der Waals surface area contributed by atoms with Crippen LogP contribution in [0.3, 0.4) is 0 Å². The Hall–Kier alpha value is -2.69. The topological polar surface area (TPSA) is 81.4 Å². The fourth-order valence-corrected chi connectivity index (χ4v) is 2.37. The Morgan fingerprint density at radius 2 is 1.83 bits per heavy atom. The fraction of sp³-hybridized carbons (Fsp3) is 0.500. The average Bonchev–Trinajstić information content (AvgIpc) is 2.43. The van der Waals surface area contributed by atoms with Gasteiger partial charge in [-0.25, -0.2) is 4.79 Å². The number of benzene rings is 1. The first-order valence-electron chi connectivity index (χ1n) is 7.11. The van der Waals surface area contributed by atoms with Gasteiger partial charge in [-0.1, -0.05) is 18.2 Å². The van der Waals surface area contributed by atoms with Crippen molar-refractivity contribution >= 4 is 24.3 Å². The maximum absolute atomic E-state index is 11.4. The number of primary amides is 1. The van der Waals surface area contributed by atoms with Gasteiger partial charge in [0, 0.05) is 11.4 Å². The monoisotopic (exact) mass is 582 g/mol. The second-order valence-electron chi connectivity index (χ2n) is 5.42. The fourth-order valence-electron chi connectivity index (χ4n) is 1.44. The molecule has 1 aromatic rings. The molecule has 23 heavy (non-hydrogen) atoms. The first-order valence-corrected chi connectivity index (χ1v) is 8.10. The summed E-state index contributed by atoms with van der Waals surface area (Å²) in [7, 11) is 0. The molecular weight excluding hydrogens is 557 g/mol. The van der Waals surface area contributed by atoms with Crippen molar-refractivity contribution in [1.29, 1.82) is 0 Å². The van der Waals surface area contributed by atoms with Crippen LogP contribution in [0.15, 0.2) is 35.2 Å². The molecule has 0 saturated carbocycles. The van der Waals surface area contributed by atoms with E-state index in [2.05, 4.69) is 23.2 Å². The quantitative estimate of drug-likeness (QED) is 0.234. The molecule has 0 radical (unpaired) electrons. The van der Waals surface area contributed by atoms with Gasteiger partial charge in [-0.3, -0.25) is 0 Å². The molecule has 0 spiro atoms. The van der Waals surface area contributed by atoms with Crippen molar-refractivity contribution in [2.45, 2.75) is 44.1 Å². The molecule has 1 rings (SSSR count). The van der Waals surface area contributed by atoms with Crippen LogP contribution in [-0.4, -0.2) is 30.4 Å². The van der Waals surface area contributed by atoms with Crippen molar-refractivity contribution < 1.29 is 14.3 Å². The smallest absolute Gasteiger partial charge is 0.407 e. The molecule has 0 aliphatic heterocycles. The van der Waals surface area contributed by atoms with Gasteiger partial charge >= 0.3 is 6.09 Å². The molecule has 0 heterocycles. The number of hydrogen-bond acceptors (Lipinski definition) is 4. The number of rotatable bonds is 6. The van der Waals surface area contributed by atoms with Crippen LogP contribution in [-0.2, 0) is 9.53 Å². The Morgan fingerprint density at radius 3 is 2.35 bits per heavy atom. The van der Waals surface area contributed by atoms with E-state index in [0.29, 0.717) is 6.54 Å². The molecule has 0 aromatic heterocycles. The van der Waals surface area contributed by atoms with E-state index in [0.717, 1.165) is 25.0 Å². The van der Waals surface area contributed by atoms with Crippen LogP contribution < -0.4 is 11.1 Å². The van der Waals surface area contributed by atoms with E-state index < -0.39 is 5.60 Å². The van der Waals surface area contributed by atoms with Crippen molar-refractivity contribution in [2.24, 2.45) is 5.73 Å². The Bertz CT molecular complexity index is 425. The number of unbranched alkanes of at least 4 members (excludes halogenated alkanes) is 1. The van der Waals surface area contributed by atoms with Crippen molar-refractivity contribution in [3.05, 3.63) is 30.3 Å². The van der Waals surface area contributed by atoms with Gasteiger partial charge in [0.15, 0.2) is 0 Å². The number of nitrogens with one attached hydrogen (secondary N) is 1. The summed E-state index contributed by atoms with van der Waals surface area (Å²) in [6.07, 6.45) is 2.72. The van der Waals surface area contributed by atoms with E-state index in [1.807, 2.05) is 50.7 Å². The van der Waals surface area contributed by atoms with Crippen LogP contribution in [0, 0.1) is 0 Å². The predicted molar refractivity (Wildman–Crippen MR) is 90.5 cm³/mol. The van der Waals surface area contributed by atoms with Crippen LogP contribution in [0.2, 0.25) is 0 Å². The number of amides is 2. The van der Waals surface area contributed by atoms with Crippen molar-refractivity contribution in [3.8, 4) is 0 Å². The maximum Gasteiger partial charge on any atom is 0.407 e. The molecule has 0 aliphatic carbocycles. The number of thioether (sulfide) groups is 1. The van der Waals surface area contributed by atoms with Crippen molar-refractivity contribution in [1.82, 2.24) is 5.32 Å². The summed E-state index contributed by atoms with van der Waals surface area (Å²) in [4.78, 5) is 21.1. The third-order valence-corrected chi connectivity index (χ3v) is 3.35. The summed E-state index contributed by atoms with van der Waals surface area (Å²) in [5.41, 5.74) is 3.62. The Balaban J connectivity index is 0. The molecule has 0 saturated heterocycles. The normalized spacial score (nSPS) is 9.70. The SMILES string of the molecule is CC(C)(C)OC(=O)NCCCCSc1ccccc1.N[C-]=O.[Fm]. The molecule has 2 amide bonds. The molecule has 0 bridgehead atoms. The first kappa shape index (κ1) is 22.6. The van der Waals surface area contributed by atoms with Crippen LogP contribution in [0.4, 0.5) is 4.79 Å². The summed E-state index contributed by atoms with van der Waals surface area (Å²) in [5.74, 6) is 1.07. The Morgan fingerprint density at radius 1 is 1.26 bits per heavy atom. The van der Waals surface area contributed by atoms with Crippen LogP contribution in [0.1, 0.15) is 33.6 Å². The van der Waals surface area contributed by atoms with Gasteiger partial charge in [0.2, 0.25) is 0 Å². The minimum absolute atomic E-state index is 0. The summed E-state index contributed by atoms with van der Waals surface area (Å²) < 4.78 is 5.16. The second-order valence-corrected chi connectivity index (χ2v) is 6.58. The number of alkyl carbamates (subject to hydrolysis) is 1. The van der Waals surface area contributed by atoms with Gasteiger partial charge in [0.25, 0.3) is 0 Å². The molecule has 0 unspecified atom stereocenters. The van der Waals surface area contributed by atoms with E-state index in [4.69, 9.17) is 9.53 Å². The summed E-state index contributed by atoms with van der Waals surface area (Å²) in [5, 5.41) is 2.77. The zero-order chi connectivity index (χ0) is 16.8. The number of ether oxygens (including phenoxy) is 1. The molecule has 0 atom stereocenters. The molecule has 5 nitrogen and oxygen atoms in total. The molecule has 1 aromatic carbocycles. The van der Waals surface area contributed by atoms with E-state index in [9.17, 15) is 4.79 Å². The predicted octanol–water partition coefficient (Wildman–Crippen LogP) is 3.10. The van der Waals surface area contributed by atoms with E-state index in [-0.39, 0.29) is 6.09 Å². The van der Waals surface area contributed by atoms with Gasteiger partial charge in [-0.05, 0) is 51.5 Å². The van der Waals surface area contributed by atoms with Gasteiger partial charge in [0.05, 0.1) is 0 Å². The zero-order valence-electron chi connectivity index (χ0n) is 13.7. The molecule has 3 N–H and O–H groups in total. The van der Waals surface area contributed by atoms with Crippen LogP contribution in [0.5, 0.6) is 0 Å². The van der Waals surface area contributed by atoms with E-state index in [1.54, 1.807) is 0 Å². The van der Waals surface area contributed by atoms with Crippen molar-refractivity contribution in [2.75, 3.05) is 12.3 Å². The van der Waals surface area contributed by atoms with E-state index >= 15 is 0 Å². The maximum atomic E-state index is 11.4. The zero-order valence-corrected chi connectivity index (χ0v) is 16.9. The number of hydrogen-bond donors (Lipinski definition) is 2. The van der Waals surface area contributed by atoms with Gasteiger partial charge in [0.1, 0.15) is 5.60 Å². The average molecular weight is 582 g/mol. The van der Waals surface area contributed by atoms with Gasteiger partial charge in [-0.2, -0.15) is 6.41 Å². The molecule has 0 aliphatic rings. The number of nitrogens with two attached hydrogens (primary N) is 1. The molecule has 136 valence electrons. The Labute approximate surface area is 137 Å². The van der Waals surface area contributed by atoms with Crippen LogP contribution >= 0.6 is 11.8 Å². The minimum atomic E-state index is -0.423.